The molecule has 0 saturated heterocycles. The number of phosphoric ester groups is 1. The second-order valence-corrected chi connectivity index (χ2v) is 7.63. The fourth-order valence-electron chi connectivity index (χ4n) is 2.14. The number of phosphoric acid groups is 1. The Balaban J connectivity index is 2.26. The van der Waals surface area contributed by atoms with Crippen molar-refractivity contribution in [1.29, 1.82) is 0 Å². The highest BCUT2D eigenvalue weighted by atomic mass is 31.2. The van der Waals surface area contributed by atoms with Crippen LogP contribution in [0.5, 0.6) is 5.75 Å². The molecule has 8 nitrogen and oxygen atoms in total. The van der Waals surface area contributed by atoms with Crippen molar-refractivity contribution in [3.05, 3.63) is 30.3 Å². The molecule has 0 aromatic heterocycles. The van der Waals surface area contributed by atoms with Crippen molar-refractivity contribution in [3.8, 4) is 5.75 Å². The summed E-state index contributed by atoms with van der Waals surface area (Å²) in [4.78, 5) is 5.11. The summed E-state index contributed by atoms with van der Waals surface area (Å²) in [5, 5.41) is 0. The summed E-state index contributed by atoms with van der Waals surface area (Å²) < 4.78 is 44.4. The predicted octanol–water partition coefficient (Wildman–Crippen LogP) is 4.79. The Labute approximate surface area is 174 Å². The first-order valence-corrected chi connectivity index (χ1v) is 11.7. The predicted molar refractivity (Wildman–Crippen MR) is 110 cm³/mol. The summed E-state index contributed by atoms with van der Waals surface area (Å²) in [7, 11) is -3.86. The number of para-hydroxylation sites is 1. The van der Waals surface area contributed by atoms with Gasteiger partial charge < -0.3 is 19.1 Å². The van der Waals surface area contributed by atoms with E-state index >= 15 is 0 Å². The molecule has 0 bridgehead atoms. The monoisotopic (exact) mass is 434 g/mol. The van der Waals surface area contributed by atoms with Gasteiger partial charge in [-0.1, -0.05) is 49.1 Å². The second-order valence-electron chi connectivity index (χ2n) is 6.07. The normalized spacial score (nSPS) is 13.3. The Morgan fingerprint density at radius 2 is 1.34 bits per heavy atom. The quantitative estimate of drug-likeness (QED) is 0.125. The molecule has 0 amide bonds. The Hall–Kier alpha value is -0.990. The average Bonchev–Trinajstić information content (AvgIpc) is 2.74. The van der Waals surface area contributed by atoms with Crippen LogP contribution in [0.1, 0.15) is 39.5 Å². The molecule has 9 heteroatoms. The van der Waals surface area contributed by atoms with E-state index in [1.807, 2.05) is 13.0 Å². The number of hydrogen-bond acceptors (Lipinski definition) is 8. The second kappa shape index (κ2) is 17.8. The van der Waals surface area contributed by atoms with Gasteiger partial charge in [0.1, 0.15) is 0 Å². The van der Waals surface area contributed by atoms with Gasteiger partial charge in [-0.2, -0.15) is 0 Å². The highest BCUT2D eigenvalue weighted by Crippen LogP contribution is 2.49. The van der Waals surface area contributed by atoms with Crippen LogP contribution in [0.15, 0.2) is 30.3 Å². The molecule has 1 unspecified atom stereocenters. The average molecular weight is 434 g/mol. The molecule has 0 aliphatic heterocycles. The highest BCUT2D eigenvalue weighted by Gasteiger charge is 2.29. The molecule has 1 atom stereocenters. The molecule has 1 aromatic rings. The van der Waals surface area contributed by atoms with Crippen molar-refractivity contribution in [2.45, 2.75) is 39.5 Å². The van der Waals surface area contributed by atoms with Crippen LogP contribution in [-0.4, -0.2) is 52.9 Å². The zero-order valence-electron chi connectivity index (χ0n) is 17.6. The first kappa shape index (κ1) is 26.0. The maximum absolute atomic E-state index is 12.8. The van der Waals surface area contributed by atoms with E-state index in [4.69, 9.17) is 32.8 Å². The third-order valence-electron chi connectivity index (χ3n) is 3.64. The molecule has 29 heavy (non-hydrogen) atoms. The Kier molecular flexibility index (Phi) is 16.0. The third kappa shape index (κ3) is 14.6. The molecule has 1 aromatic carbocycles. The Morgan fingerprint density at radius 3 is 2.00 bits per heavy atom. The van der Waals surface area contributed by atoms with Gasteiger partial charge in [0.05, 0.1) is 46.2 Å². The standard InChI is InChI=1S/C20H35O8P/c1-3-5-6-10-13-25-29(21,28-27-20-11-8-7-9-12-20)26-19-18-24-17-16-23-15-14-22-4-2/h7-9,11-12H,3-6,10,13-19H2,1-2H3. The van der Waals surface area contributed by atoms with Crippen molar-refractivity contribution >= 4 is 7.82 Å². The van der Waals surface area contributed by atoms with Crippen molar-refractivity contribution in [2.24, 2.45) is 0 Å². The number of benzene rings is 1. The lowest BCUT2D eigenvalue weighted by atomic mass is 10.2. The van der Waals surface area contributed by atoms with Gasteiger partial charge in [-0.15, -0.1) is 0 Å². The lowest BCUT2D eigenvalue weighted by Crippen LogP contribution is -2.12. The van der Waals surface area contributed by atoms with Gasteiger partial charge >= 0.3 is 7.82 Å². The number of ether oxygens (including phenoxy) is 3. The summed E-state index contributed by atoms with van der Waals surface area (Å²) in [5.74, 6) is 0.409. The molecule has 0 N–H and O–H groups in total. The van der Waals surface area contributed by atoms with Gasteiger partial charge in [-0.3, -0.25) is 9.05 Å². The van der Waals surface area contributed by atoms with Crippen LogP contribution < -0.4 is 4.89 Å². The van der Waals surface area contributed by atoms with E-state index in [0.717, 1.165) is 25.7 Å². The van der Waals surface area contributed by atoms with Gasteiger partial charge in [0.25, 0.3) is 0 Å². The van der Waals surface area contributed by atoms with Gasteiger partial charge in [-0.05, 0) is 25.5 Å². The summed E-state index contributed by atoms with van der Waals surface area (Å²) in [6.45, 7) is 7.22. The van der Waals surface area contributed by atoms with Crippen LogP contribution in [0.3, 0.4) is 0 Å². The molecule has 0 radical (unpaired) electrons. The lowest BCUT2D eigenvalue weighted by Gasteiger charge is -2.17. The zero-order valence-corrected chi connectivity index (χ0v) is 18.5. The molecule has 0 aliphatic carbocycles. The largest absolute Gasteiger partial charge is 0.511 e. The lowest BCUT2D eigenvalue weighted by molar-refractivity contribution is -0.134. The van der Waals surface area contributed by atoms with Gasteiger partial charge in [0, 0.05) is 6.61 Å². The minimum absolute atomic E-state index is 0.0450. The first-order valence-electron chi connectivity index (χ1n) is 10.2. The van der Waals surface area contributed by atoms with Crippen LogP contribution in [0.2, 0.25) is 0 Å². The fraction of sp³-hybridized carbons (Fsp3) is 0.700. The summed E-state index contributed by atoms with van der Waals surface area (Å²) in [6, 6.07) is 8.76. The zero-order chi connectivity index (χ0) is 21.0. The van der Waals surface area contributed by atoms with E-state index in [0.29, 0.717) is 38.8 Å². The molecule has 0 heterocycles. The van der Waals surface area contributed by atoms with Crippen LogP contribution in [0, 0.1) is 0 Å². The van der Waals surface area contributed by atoms with Gasteiger partial charge in [-0.25, -0.2) is 4.57 Å². The summed E-state index contributed by atoms with van der Waals surface area (Å²) in [5.41, 5.74) is 0. The Morgan fingerprint density at radius 1 is 0.724 bits per heavy atom. The summed E-state index contributed by atoms with van der Waals surface area (Å²) in [6.07, 6.45) is 3.96. The topological polar surface area (TPSA) is 81.7 Å². The number of unbranched alkanes of at least 4 members (excludes halogenated alkanes) is 3. The van der Waals surface area contributed by atoms with E-state index in [9.17, 15) is 4.57 Å². The van der Waals surface area contributed by atoms with Gasteiger partial charge in [0.2, 0.25) is 0 Å². The molecule has 0 saturated carbocycles. The number of rotatable bonds is 20. The number of hydrogen-bond donors (Lipinski definition) is 0. The molecule has 168 valence electrons. The van der Waals surface area contributed by atoms with Crippen molar-refractivity contribution in [2.75, 3.05) is 52.9 Å². The Bertz CT molecular complexity index is 528. The molecule has 0 fully saturated rings. The van der Waals surface area contributed by atoms with Crippen molar-refractivity contribution in [1.82, 2.24) is 0 Å². The molecular weight excluding hydrogens is 399 g/mol. The highest BCUT2D eigenvalue weighted by molar-refractivity contribution is 7.48. The molecule has 0 aliphatic rings. The van der Waals surface area contributed by atoms with E-state index in [1.54, 1.807) is 24.3 Å². The molecule has 0 spiro atoms. The van der Waals surface area contributed by atoms with Crippen molar-refractivity contribution in [3.63, 3.8) is 0 Å². The van der Waals surface area contributed by atoms with E-state index in [1.165, 1.54) is 0 Å². The minimum Gasteiger partial charge on any atom is -0.379 e. The maximum atomic E-state index is 12.8. The van der Waals surface area contributed by atoms with E-state index in [-0.39, 0.29) is 19.8 Å². The molecule has 1 rings (SSSR count). The first-order chi connectivity index (χ1) is 14.2. The maximum Gasteiger partial charge on any atom is 0.511 e. The summed E-state index contributed by atoms with van der Waals surface area (Å²) >= 11 is 0. The smallest absolute Gasteiger partial charge is 0.379 e. The van der Waals surface area contributed by atoms with E-state index < -0.39 is 7.82 Å². The fourth-order valence-corrected chi connectivity index (χ4v) is 3.13. The van der Waals surface area contributed by atoms with E-state index in [2.05, 4.69) is 6.92 Å². The minimum atomic E-state index is -3.86. The molecular formula is C20H35O8P. The van der Waals surface area contributed by atoms with Crippen LogP contribution >= 0.6 is 7.82 Å². The van der Waals surface area contributed by atoms with Crippen molar-refractivity contribution < 1.29 is 37.4 Å². The van der Waals surface area contributed by atoms with Crippen LogP contribution in [0.25, 0.3) is 0 Å². The third-order valence-corrected chi connectivity index (χ3v) is 4.90. The van der Waals surface area contributed by atoms with Crippen LogP contribution in [0.4, 0.5) is 0 Å². The van der Waals surface area contributed by atoms with Gasteiger partial charge in [0.15, 0.2) is 5.75 Å². The SMILES string of the molecule is CCCCCCOP(=O)(OCCOCCOCCOCC)OOc1ccccc1. The van der Waals surface area contributed by atoms with Crippen LogP contribution in [-0.2, 0) is 32.5 Å².